The van der Waals surface area contributed by atoms with E-state index in [0.29, 0.717) is 13.2 Å². The lowest BCUT2D eigenvalue weighted by Gasteiger charge is -2.10. The SMILES string of the molecule is CSc1ccc(C)c(C(=O)NCCOc2ccc(C)cc2)c1. The molecule has 0 radical (unpaired) electrons. The van der Waals surface area contributed by atoms with Crippen molar-refractivity contribution in [2.45, 2.75) is 18.7 Å². The zero-order chi connectivity index (χ0) is 15.9. The zero-order valence-electron chi connectivity index (χ0n) is 13.2. The van der Waals surface area contributed by atoms with Crippen LogP contribution in [-0.2, 0) is 0 Å². The van der Waals surface area contributed by atoms with Crippen molar-refractivity contribution in [3.63, 3.8) is 0 Å². The number of rotatable bonds is 6. The molecule has 4 heteroatoms. The molecule has 3 nitrogen and oxygen atoms in total. The molecule has 0 unspecified atom stereocenters. The smallest absolute Gasteiger partial charge is 0.251 e. The molecule has 0 bridgehead atoms. The van der Waals surface area contributed by atoms with Gasteiger partial charge in [-0.1, -0.05) is 23.8 Å². The average Bonchev–Trinajstić information content (AvgIpc) is 2.53. The molecule has 22 heavy (non-hydrogen) atoms. The fraction of sp³-hybridized carbons (Fsp3) is 0.278. The first-order chi connectivity index (χ1) is 10.6. The van der Waals surface area contributed by atoms with Crippen molar-refractivity contribution in [1.29, 1.82) is 0 Å². The van der Waals surface area contributed by atoms with Crippen LogP contribution in [0.3, 0.4) is 0 Å². The van der Waals surface area contributed by atoms with E-state index in [1.54, 1.807) is 11.8 Å². The van der Waals surface area contributed by atoms with E-state index in [2.05, 4.69) is 5.32 Å². The van der Waals surface area contributed by atoms with Gasteiger partial charge < -0.3 is 10.1 Å². The maximum absolute atomic E-state index is 12.2. The van der Waals surface area contributed by atoms with Crippen molar-refractivity contribution >= 4 is 17.7 Å². The molecule has 0 spiro atoms. The zero-order valence-corrected chi connectivity index (χ0v) is 14.0. The van der Waals surface area contributed by atoms with Crippen LogP contribution in [0.2, 0.25) is 0 Å². The van der Waals surface area contributed by atoms with Crippen LogP contribution < -0.4 is 10.1 Å². The lowest BCUT2D eigenvalue weighted by atomic mass is 10.1. The van der Waals surface area contributed by atoms with Gasteiger partial charge in [-0.05, 0) is 49.9 Å². The van der Waals surface area contributed by atoms with E-state index < -0.39 is 0 Å². The molecule has 2 aromatic carbocycles. The third-order valence-electron chi connectivity index (χ3n) is 3.37. The summed E-state index contributed by atoms with van der Waals surface area (Å²) in [6, 6.07) is 13.8. The van der Waals surface area contributed by atoms with Crippen LogP contribution in [0.5, 0.6) is 5.75 Å². The van der Waals surface area contributed by atoms with Crippen LogP contribution >= 0.6 is 11.8 Å². The van der Waals surface area contributed by atoms with Crippen LogP contribution in [-0.4, -0.2) is 25.3 Å². The van der Waals surface area contributed by atoms with Gasteiger partial charge in [0.15, 0.2) is 0 Å². The lowest BCUT2D eigenvalue weighted by Crippen LogP contribution is -2.28. The van der Waals surface area contributed by atoms with Crippen molar-refractivity contribution in [3.8, 4) is 5.75 Å². The summed E-state index contributed by atoms with van der Waals surface area (Å²) in [4.78, 5) is 13.3. The van der Waals surface area contributed by atoms with Gasteiger partial charge in [-0.15, -0.1) is 11.8 Å². The molecule has 0 fully saturated rings. The second-order valence-electron chi connectivity index (χ2n) is 5.10. The summed E-state index contributed by atoms with van der Waals surface area (Å²) in [6.45, 7) is 4.92. The summed E-state index contributed by atoms with van der Waals surface area (Å²) in [5, 5.41) is 2.90. The highest BCUT2D eigenvalue weighted by Gasteiger charge is 2.09. The molecule has 0 atom stereocenters. The van der Waals surface area contributed by atoms with Gasteiger partial charge in [-0.2, -0.15) is 0 Å². The minimum Gasteiger partial charge on any atom is -0.492 e. The van der Waals surface area contributed by atoms with E-state index >= 15 is 0 Å². The molecule has 0 aromatic heterocycles. The van der Waals surface area contributed by atoms with E-state index in [9.17, 15) is 4.79 Å². The Kier molecular flexibility index (Phi) is 5.90. The van der Waals surface area contributed by atoms with Gasteiger partial charge in [0.2, 0.25) is 0 Å². The molecule has 0 aliphatic rings. The van der Waals surface area contributed by atoms with E-state index in [0.717, 1.165) is 21.8 Å². The number of hydrogen-bond donors (Lipinski definition) is 1. The number of carbonyl (C=O) groups is 1. The summed E-state index contributed by atoms with van der Waals surface area (Å²) in [5.41, 5.74) is 2.90. The lowest BCUT2D eigenvalue weighted by molar-refractivity contribution is 0.0946. The third-order valence-corrected chi connectivity index (χ3v) is 4.09. The Morgan fingerprint density at radius 1 is 1.14 bits per heavy atom. The number of nitrogens with one attached hydrogen (secondary N) is 1. The Labute approximate surface area is 136 Å². The first-order valence-corrected chi connectivity index (χ1v) is 8.45. The first-order valence-electron chi connectivity index (χ1n) is 7.22. The van der Waals surface area contributed by atoms with Gasteiger partial charge in [0.25, 0.3) is 5.91 Å². The Balaban J connectivity index is 1.84. The van der Waals surface area contributed by atoms with Gasteiger partial charge in [-0.25, -0.2) is 0 Å². The molecule has 0 saturated heterocycles. The maximum atomic E-state index is 12.2. The molecule has 1 amide bonds. The molecule has 116 valence electrons. The second-order valence-corrected chi connectivity index (χ2v) is 5.98. The Hall–Kier alpha value is -1.94. The number of aryl methyl sites for hydroxylation is 2. The predicted octanol–water partition coefficient (Wildman–Crippen LogP) is 3.83. The van der Waals surface area contributed by atoms with Crippen molar-refractivity contribution in [1.82, 2.24) is 5.32 Å². The number of ether oxygens (including phenoxy) is 1. The molecular weight excluding hydrogens is 294 g/mol. The van der Waals surface area contributed by atoms with Crippen molar-refractivity contribution in [2.24, 2.45) is 0 Å². The van der Waals surface area contributed by atoms with Crippen LogP contribution in [0.15, 0.2) is 47.4 Å². The van der Waals surface area contributed by atoms with Crippen LogP contribution in [0.1, 0.15) is 21.5 Å². The number of hydrogen-bond acceptors (Lipinski definition) is 3. The number of carbonyl (C=O) groups excluding carboxylic acids is 1. The van der Waals surface area contributed by atoms with Crippen molar-refractivity contribution in [2.75, 3.05) is 19.4 Å². The normalized spacial score (nSPS) is 10.3. The molecule has 0 aliphatic carbocycles. The second kappa shape index (κ2) is 7.90. The number of benzene rings is 2. The summed E-state index contributed by atoms with van der Waals surface area (Å²) in [5.74, 6) is 0.765. The molecule has 0 aliphatic heterocycles. The predicted molar refractivity (Wildman–Crippen MR) is 92.0 cm³/mol. The number of thioether (sulfide) groups is 1. The van der Waals surface area contributed by atoms with Crippen molar-refractivity contribution < 1.29 is 9.53 Å². The standard InChI is InChI=1S/C18H21NO2S/c1-13-4-7-15(8-5-13)21-11-10-19-18(20)17-12-16(22-3)9-6-14(17)2/h4-9,12H,10-11H2,1-3H3,(H,19,20). The largest absolute Gasteiger partial charge is 0.492 e. The van der Waals surface area contributed by atoms with Gasteiger partial charge >= 0.3 is 0 Å². The van der Waals surface area contributed by atoms with Crippen LogP contribution in [0.25, 0.3) is 0 Å². The Morgan fingerprint density at radius 2 is 1.86 bits per heavy atom. The van der Waals surface area contributed by atoms with E-state index in [1.165, 1.54) is 5.56 Å². The van der Waals surface area contributed by atoms with Gasteiger partial charge in [0.1, 0.15) is 12.4 Å². The summed E-state index contributed by atoms with van der Waals surface area (Å²) < 4.78 is 5.60. The first kappa shape index (κ1) is 16.4. The Morgan fingerprint density at radius 3 is 2.55 bits per heavy atom. The van der Waals surface area contributed by atoms with Crippen molar-refractivity contribution in [3.05, 3.63) is 59.2 Å². The minimum absolute atomic E-state index is 0.0547. The fourth-order valence-corrected chi connectivity index (χ4v) is 2.48. The summed E-state index contributed by atoms with van der Waals surface area (Å²) in [6.07, 6.45) is 2.00. The highest BCUT2D eigenvalue weighted by molar-refractivity contribution is 7.98. The highest BCUT2D eigenvalue weighted by atomic mass is 32.2. The summed E-state index contributed by atoms with van der Waals surface area (Å²) in [7, 11) is 0. The third kappa shape index (κ3) is 4.53. The van der Waals surface area contributed by atoms with Gasteiger partial charge in [-0.3, -0.25) is 4.79 Å². The molecular formula is C18H21NO2S. The quantitative estimate of drug-likeness (QED) is 0.650. The molecule has 0 saturated carbocycles. The Bertz CT molecular complexity index is 638. The minimum atomic E-state index is -0.0547. The molecule has 1 N–H and O–H groups in total. The molecule has 2 rings (SSSR count). The molecule has 2 aromatic rings. The van der Waals surface area contributed by atoms with Gasteiger partial charge in [0.05, 0.1) is 6.54 Å². The van der Waals surface area contributed by atoms with Crippen LogP contribution in [0, 0.1) is 13.8 Å². The number of amides is 1. The monoisotopic (exact) mass is 315 g/mol. The highest BCUT2D eigenvalue weighted by Crippen LogP contribution is 2.19. The average molecular weight is 315 g/mol. The van der Waals surface area contributed by atoms with Crippen LogP contribution in [0.4, 0.5) is 0 Å². The summed E-state index contributed by atoms with van der Waals surface area (Å²) >= 11 is 1.63. The van der Waals surface area contributed by atoms with Gasteiger partial charge in [0, 0.05) is 10.5 Å². The fourth-order valence-electron chi connectivity index (χ4n) is 2.04. The van der Waals surface area contributed by atoms with E-state index in [4.69, 9.17) is 4.74 Å². The molecule has 0 heterocycles. The maximum Gasteiger partial charge on any atom is 0.251 e. The topological polar surface area (TPSA) is 38.3 Å². The van der Waals surface area contributed by atoms with E-state index in [1.807, 2.05) is 62.6 Å². The van der Waals surface area contributed by atoms with E-state index in [-0.39, 0.29) is 5.91 Å².